The van der Waals surface area contributed by atoms with Gasteiger partial charge in [0.2, 0.25) is 0 Å². The first-order valence-electron chi connectivity index (χ1n) is 3.28. The van der Waals surface area contributed by atoms with Crippen LogP contribution in [0.5, 0.6) is 0 Å². The zero-order valence-corrected chi connectivity index (χ0v) is 6.56. The molecule has 0 atom stereocenters. The minimum absolute atomic E-state index is 0.879. The highest BCUT2D eigenvalue weighted by atomic mass is 13.9. The Kier molecular flexibility index (Phi) is 4.30. The van der Waals surface area contributed by atoms with Crippen LogP contribution in [0.2, 0.25) is 0 Å². The van der Waals surface area contributed by atoms with Crippen LogP contribution in [0, 0.1) is 0 Å². The molecule has 0 aromatic heterocycles. The summed E-state index contributed by atoms with van der Waals surface area (Å²) >= 11 is 0. The number of hydrogen-bond donors (Lipinski definition) is 0. The molecular weight excluding hydrogens is 120 g/mol. The summed E-state index contributed by atoms with van der Waals surface area (Å²) in [5.74, 6) is 0. The van der Waals surface area contributed by atoms with Crippen LogP contribution >= 0.6 is 0 Å². The predicted octanol–water partition coefficient (Wildman–Crippen LogP) is 3.25. The fourth-order valence-corrected chi connectivity index (χ4v) is 0.651. The molecule has 0 aromatic carbocycles. The van der Waals surface area contributed by atoms with Gasteiger partial charge in [0.1, 0.15) is 0 Å². The van der Waals surface area contributed by atoms with Gasteiger partial charge >= 0.3 is 0 Å². The maximum Gasteiger partial charge on any atom is -0.00784 e. The Hall–Kier alpha value is -1.04. The molecule has 0 aliphatic heterocycles. The summed E-state index contributed by atoms with van der Waals surface area (Å²) in [4.78, 5) is 0. The fraction of sp³-hybridized carbons (Fsp3) is 0.200. The minimum atomic E-state index is 0.879. The van der Waals surface area contributed by atoms with Crippen LogP contribution in [0.25, 0.3) is 0 Å². The molecule has 0 aliphatic carbocycles. The summed E-state index contributed by atoms with van der Waals surface area (Å²) in [6.45, 7) is 13.2. The molecule has 0 amide bonds. The van der Waals surface area contributed by atoms with E-state index < -0.39 is 0 Å². The molecule has 0 nitrogen and oxygen atoms in total. The Balaban J connectivity index is 3.75. The molecular formula is C10H14. The van der Waals surface area contributed by atoms with Crippen LogP contribution in [-0.2, 0) is 0 Å². The van der Waals surface area contributed by atoms with Crippen LogP contribution in [0.3, 0.4) is 0 Å². The highest BCUT2D eigenvalue weighted by Gasteiger charge is 1.86. The van der Waals surface area contributed by atoms with Crippen molar-refractivity contribution in [2.24, 2.45) is 0 Å². The molecule has 10 heavy (non-hydrogen) atoms. The Bertz CT molecular complexity index is 170. The van der Waals surface area contributed by atoms with Crippen molar-refractivity contribution in [2.75, 3.05) is 0 Å². The first kappa shape index (κ1) is 8.96. The van der Waals surface area contributed by atoms with Gasteiger partial charge in [0, 0.05) is 0 Å². The van der Waals surface area contributed by atoms with E-state index in [-0.39, 0.29) is 0 Å². The van der Waals surface area contributed by atoms with Gasteiger partial charge < -0.3 is 0 Å². The van der Waals surface area contributed by atoms with Crippen molar-refractivity contribution in [1.29, 1.82) is 0 Å². The van der Waals surface area contributed by atoms with Crippen LogP contribution in [-0.4, -0.2) is 0 Å². The molecule has 0 heteroatoms. The molecule has 0 unspecified atom stereocenters. The second kappa shape index (κ2) is 4.80. The van der Waals surface area contributed by atoms with Crippen molar-refractivity contribution in [3.05, 3.63) is 49.1 Å². The number of hydrogen-bond acceptors (Lipinski definition) is 0. The third-order valence-electron chi connectivity index (χ3n) is 0.997. The Morgan fingerprint density at radius 1 is 1.40 bits per heavy atom. The van der Waals surface area contributed by atoms with Gasteiger partial charge in [-0.2, -0.15) is 0 Å². The van der Waals surface area contributed by atoms with Gasteiger partial charge in [-0.15, -0.1) is 0 Å². The normalized spacial score (nSPS) is 9.70. The molecule has 0 aromatic rings. The smallest absolute Gasteiger partial charge is 0.00784 e. The van der Waals surface area contributed by atoms with Crippen LogP contribution in [0.15, 0.2) is 49.1 Å². The Morgan fingerprint density at radius 2 is 2.00 bits per heavy atom. The summed E-state index contributed by atoms with van der Waals surface area (Å²) in [6.07, 6.45) is 6.45. The monoisotopic (exact) mass is 134 g/mol. The zero-order valence-electron chi connectivity index (χ0n) is 6.56. The molecule has 0 rings (SSSR count). The third kappa shape index (κ3) is 5.10. The van der Waals surface area contributed by atoms with Crippen LogP contribution in [0.1, 0.15) is 13.3 Å². The standard InChI is InChI=1S/C10H14/c1-5-6-7-10(4)8-9(2)3/h5-7H,1-2,4,8H2,3H3/b7-6-. The van der Waals surface area contributed by atoms with E-state index >= 15 is 0 Å². The van der Waals surface area contributed by atoms with E-state index in [0.29, 0.717) is 0 Å². The van der Waals surface area contributed by atoms with Gasteiger partial charge in [0.05, 0.1) is 0 Å². The molecule has 0 saturated heterocycles. The first-order chi connectivity index (χ1) is 4.66. The van der Waals surface area contributed by atoms with Crippen molar-refractivity contribution in [1.82, 2.24) is 0 Å². The van der Waals surface area contributed by atoms with E-state index in [9.17, 15) is 0 Å². The van der Waals surface area contributed by atoms with E-state index in [1.54, 1.807) is 6.08 Å². The third-order valence-corrected chi connectivity index (χ3v) is 0.997. The first-order valence-corrected chi connectivity index (χ1v) is 3.28. The molecule has 0 N–H and O–H groups in total. The van der Waals surface area contributed by atoms with Gasteiger partial charge in [0.25, 0.3) is 0 Å². The second-order valence-corrected chi connectivity index (χ2v) is 2.39. The summed E-state index contributed by atoms with van der Waals surface area (Å²) in [7, 11) is 0. The summed E-state index contributed by atoms with van der Waals surface area (Å²) in [6, 6.07) is 0. The summed E-state index contributed by atoms with van der Waals surface area (Å²) in [5.41, 5.74) is 2.21. The lowest BCUT2D eigenvalue weighted by atomic mass is 10.1. The van der Waals surface area contributed by atoms with Gasteiger partial charge in [0.15, 0.2) is 0 Å². The number of rotatable bonds is 4. The highest BCUT2D eigenvalue weighted by Crippen LogP contribution is 2.06. The van der Waals surface area contributed by atoms with Gasteiger partial charge in [-0.05, 0) is 13.3 Å². The maximum atomic E-state index is 3.84. The van der Waals surface area contributed by atoms with Crippen molar-refractivity contribution in [3.63, 3.8) is 0 Å². The molecule has 54 valence electrons. The molecule has 0 saturated carbocycles. The molecule has 0 heterocycles. The van der Waals surface area contributed by atoms with Crippen LogP contribution < -0.4 is 0 Å². The summed E-state index contributed by atoms with van der Waals surface area (Å²) < 4.78 is 0. The van der Waals surface area contributed by atoms with Gasteiger partial charge in [-0.1, -0.05) is 49.1 Å². The highest BCUT2D eigenvalue weighted by molar-refractivity contribution is 5.22. The van der Waals surface area contributed by atoms with Gasteiger partial charge in [-0.25, -0.2) is 0 Å². The van der Waals surface area contributed by atoms with E-state index in [0.717, 1.165) is 17.6 Å². The fourth-order valence-electron chi connectivity index (χ4n) is 0.651. The lowest BCUT2D eigenvalue weighted by Crippen LogP contribution is -1.75. The van der Waals surface area contributed by atoms with Crippen molar-refractivity contribution >= 4 is 0 Å². The van der Waals surface area contributed by atoms with E-state index in [2.05, 4.69) is 19.7 Å². The van der Waals surface area contributed by atoms with Crippen molar-refractivity contribution in [3.8, 4) is 0 Å². The molecule has 0 spiro atoms. The minimum Gasteiger partial charge on any atom is -0.0998 e. The SMILES string of the molecule is C=C/C=C\C(=C)CC(=C)C. The Labute approximate surface area is 63.3 Å². The van der Waals surface area contributed by atoms with E-state index in [4.69, 9.17) is 0 Å². The average Bonchev–Trinajstić information content (AvgIpc) is 1.82. The molecule has 0 fully saturated rings. The molecule has 0 aliphatic rings. The molecule has 0 radical (unpaired) electrons. The van der Waals surface area contributed by atoms with Crippen molar-refractivity contribution < 1.29 is 0 Å². The summed E-state index contributed by atoms with van der Waals surface area (Å²) in [5, 5.41) is 0. The van der Waals surface area contributed by atoms with Crippen LogP contribution in [0.4, 0.5) is 0 Å². The number of allylic oxidation sites excluding steroid dienone is 5. The lowest BCUT2D eigenvalue weighted by Gasteiger charge is -1.96. The second-order valence-electron chi connectivity index (χ2n) is 2.39. The van der Waals surface area contributed by atoms with E-state index in [1.807, 2.05) is 19.1 Å². The topological polar surface area (TPSA) is 0 Å². The Morgan fingerprint density at radius 3 is 2.40 bits per heavy atom. The largest absolute Gasteiger partial charge is 0.0998 e. The van der Waals surface area contributed by atoms with Gasteiger partial charge in [-0.3, -0.25) is 0 Å². The lowest BCUT2D eigenvalue weighted by molar-refractivity contribution is 1.17. The van der Waals surface area contributed by atoms with E-state index in [1.165, 1.54) is 0 Å². The zero-order chi connectivity index (χ0) is 7.98. The average molecular weight is 134 g/mol. The predicted molar refractivity (Wildman–Crippen MR) is 47.9 cm³/mol. The quantitative estimate of drug-likeness (QED) is 0.409. The molecule has 0 bridgehead atoms. The maximum absolute atomic E-state index is 3.84. The van der Waals surface area contributed by atoms with Crippen molar-refractivity contribution in [2.45, 2.75) is 13.3 Å².